The van der Waals surface area contributed by atoms with Crippen LogP contribution in [0.25, 0.3) is 6.08 Å². The third-order valence-corrected chi connectivity index (χ3v) is 6.30. The SMILES string of the molecule is Cc1ccc(CNC(=O)CN2C(=O)C(=Cc3ccccc3C)Sc3ccccc32)cc1. The largest absolute Gasteiger partial charge is 0.350 e. The highest BCUT2D eigenvalue weighted by molar-refractivity contribution is 8.04. The number of hydrogen-bond acceptors (Lipinski definition) is 3. The zero-order chi connectivity index (χ0) is 21.8. The van der Waals surface area contributed by atoms with E-state index in [1.807, 2.05) is 92.7 Å². The maximum absolute atomic E-state index is 13.3. The first-order chi connectivity index (χ1) is 15.0. The van der Waals surface area contributed by atoms with Crippen LogP contribution in [0.2, 0.25) is 0 Å². The molecule has 3 aromatic carbocycles. The molecule has 5 heteroatoms. The van der Waals surface area contributed by atoms with E-state index in [1.54, 1.807) is 4.90 Å². The van der Waals surface area contributed by atoms with Crippen LogP contribution in [0.1, 0.15) is 22.3 Å². The Morgan fingerprint density at radius 1 is 0.968 bits per heavy atom. The van der Waals surface area contributed by atoms with Crippen LogP contribution >= 0.6 is 11.8 Å². The molecule has 0 saturated heterocycles. The average Bonchev–Trinajstić information content (AvgIpc) is 2.77. The van der Waals surface area contributed by atoms with E-state index in [2.05, 4.69) is 5.32 Å². The molecule has 1 aliphatic heterocycles. The quantitative estimate of drug-likeness (QED) is 0.575. The van der Waals surface area contributed by atoms with Crippen LogP contribution in [-0.4, -0.2) is 18.4 Å². The molecule has 4 nitrogen and oxygen atoms in total. The van der Waals surface area contributed by atoms with Crippen molar-refractivity contribution in [3.63, 3.8) is 0 Å². The van der Waals surface area contributed by atoms with Crippen molar-refractivity contribution in [2.45, 2.75) is 25.3 Å². The molecule has 3 aromatic rings. The van der Waals surface area contributed by atoms with Crippen LogP contribution in [0.5, 0.6) is 0 Å². The van der Waals surface area contributed by atoms with Gasteiger partial charge in [0.05, 0.1) is 10.6 Å². The Labute approximate surface area is 187 Å². The van der Waals surface area contributed by atoms with Gasteiger partial charge in [-0.2, -0.15) is 0 Å². The lowest BCUT2D eigenvalue weighted by Crippen LogP contribution is -2.42. The van der Waals surface area contributed by atoms with E-state index in [4.69, 9.17) is 0 Å². The molecule has 1 aliphatic rings. The van der Waals surface area contributed by atoms with Crippen LogP contribution in [0, 0.1) is 13.8 Å². The highest BCUT2D eigenvalue weighted by Gasteiger charge is 2.30. The Kier molecular flexibility index (Phi) is 6.23. The number of aryl methyl sites for hydroxylation is 2. The number of benzene rings is 3. The molecule has 0 saturated carbocycles. The van der Waals surface area contributed by atoms with E-state index < -0.39 is 0 Å². The van der Waals surface area contributed by atoms with Crippen molar-refractivity contribution >= 4 is 35.3 Å². The number of anilines is 1. The van der Waals surface area contributed by atoms with Crippen molar-refractivity contribution < 1.29 is 9.59 Å². The number of nitrogens with one attached hydrogen (secondary N) is 1. The third kappa shape index (κ3) is 4.89. The zero-order valence-corrected chi connectivity index (χ0v) is 18.4. The summed E-state index contributed by atoms with van der Waals surface area (Å²) in [4.78, 5) is 29.1. The number of hydrogen-bond donors (Lipinski definition) is 1. The number of carbonyl (C=O) groups excluding carboxylic acids is 2. The van der Waals surface area contributed by atoms with E-state index in [9.17, 15) is 9.59 Å². The summed E-state index contributed by atoms with van der Waals surface area (Å²) in [6.07, 6.45) is 1.91. The van der Waals surface area contributed by atoms with Crippen molar-refractivity contribution in [3.05, 3.63) is 100.0 Å². The summed E-state index contributed by atoms with van der Waals surface area (Å²) in [5.41, 5.74) is 5.08. The minimum atomic E-state index is -0.189. The maximum Gasteiger partial charge on any atom is 0.265 e. The highest BCUT2D eigenvalue weighted by Crippen LogP contribution is 2.42. The van der Waals surface area contributed by atoms with Crippen molar-refractivity contribution in [1.29, 1.82) is 0 Å². The van der Waals surface area contributed by atoms with Gasteiger partial charge < -0.3 is 5.32 Å². The number of amides is 2. The van der Waals surface area contributed by atoms with Crippen LogP contribution in [0.15, 0.2) is 82.6 Å². The number of para-hydroxylation sites is 1. The molecule has 31 heavy (non-hydrogen) atoms. The minimum Gasteiger partial charge on any atom is -0.350 e. The normalized spacial score (nSPS) is 14.5. The van der Waals surface area contributed by atoms with E-state index in [1.165, 1.54) is 17.3 Å². The first kappa shape index (κ1) is 20.9. The zero-order valence-electron chi connectivity index (χ0n) is 17.6. The van der Waals surface area contributed by atoms with Gasteiger partial charge in [0.25, 0.3) is 5.91 Å². The summed E-state index contributed by atoms with van der Waals surface area (Å²) < 4.78 is 0. The smallest absolute Gasteiger partial charge is 0.265 e. The molecule has 0 aromatic heterocycles. The lowest BCUT2D eigenvalue weighted by Gasteiger charge is -2.30. The number of carbonyl (C=O) groups is 2. The van der Waals surface area contributed by atoms with Gasteiger partial charge >= 0.3 is 0 Å². The third-order valence-electron chi connectivity index (χ3n) is 5.22. The number of nitrogens with zero attached hydrogens (tertiary/aromatic N) is 1. The first-order valence-corrected chi connectivity index (χ1v) is 11.0. The molecule has 0 atom stereocenters. The molecule has 2 amide bonds. The Hall–Kier alpha value is -3.31. The fourth-order valence-corrected chi connectivity index (χ4v) is 4.46. The Balaban J connectivity index is 1.55. The van der Waals surface area contributed by atoms with E-state index in [0.29, 0.717) is 11.4 Å². The van der Waals surface area contributed by atoms with Crippen molar-refractivity contribution in [2.24, 2.45) is 0 Å². The first-order valence-electron chi connectivity index (χ1n) is 10.2. The fraction of sp³-hybridized carbons (Fsp3) is 0.154. The van der Waals surface area contributed by atoms with E-state index >= 15 is 0 Å². The summed E-state index contributed by atoms with van der Waals surface area (Å²) in [7, 11) is 0. The van der Waals surface area contributed by atoms with Gasteiger partial charge in [0, 0.05) is 11.4 Å². The molecule has 1 N–H and O–H groups in total. The molecule has 0 fully saturated rings. The molecule has 0 aliphatic carbocycles. The molecule has 4 rings (SSSR count). The second-order valence-electron chi connectivity index (χ2n) is 7.59. The second-order valence-corrected chi connectivity index (χ2v) is 8.67. The number of rotatable bonds is 5. The summed E-state index contributed by atoms with van der Waals surface area (Å²) in [5, 5.41) is 2.93. The lowest BCUT2D eigenvalue weighted by atomic mass is 10.1. The molecular weight excluding hydrogens is 404 g/mol. The molecule has 0 radical (unpaired) electrons. The van der Waals surface area contributed by atoms with Gasteiger partial charge in [-0.1, -0.05) is 78.0 Å². The predicted molar refractivity (Wildman–Crippen MR) is 127 cm³/mol. The van der Waals surface area contributed by atoms with Crippen molar-refractivity contribution in [2.75, 3.05) is 11.4 Å². The van der Waals surface area contributed by atoms with Gasteiger partial charge in [0.15, 0.2) is 0 Å². The average molecular weight is 429 g/mol. The van der Waals surface area contributed by atoms with Crippen molar-refractivity contribution in [1.82, 2.24) is 5.32 Å². The Bertz CT molecular complexity index is 1150. The standard InChI is InChI=1S/C26H24N2O2S/c1-18-11-13-20(14-12-18)16-27-25(29)17-28-22-9-5-6-10-23(22)31-24(26(28)30)15-21-8-4-3-7-19(21)2/h3-15H,16-17H2,1-2H3,(H,27,29). The van der Waals surface area contributed by atoms with Gasteiger partial charge in [0.2, 0.25) is 5.91 Å². The summed E-state index contributed by atoms with van der Waals surface area (Å²) in [6.45, 7) is 4.47. The monoisotopic (exact) mass is 428 g/mol. The Morgan fingerprint density at radius 3 is 2.45 bits per heavy atom. The van der Waals surface area contributed by atoms with Gasteiger partial charge in [-0.05, 0) is 48.7 Å². The van der Waals surface area contributed by atoms with Crippen LogP contribution in [0.3, 0.4) is 0 Å². The van der Waals surface area contributed by atoms with Gasteiger partial charge in [-0.3, -0.25) is 14.5 Å². The number of thioether (sulfide) groups is 1. The summed E-state index contributed by atoms with van der Waals surface area (Å²) in [5.74, 6) is -0.344. The second kappa shape index (κ2) is 9.23. The van der Waals surface area contributed by atoms with Gasteiger partial charge in [-0.15, -0.1) is 0 Å². The minimum absolute atomic E-state index is 0.0205. The lowest BCUT2D eigenvalue weighted by molar-refractivity contribution is -0.122. The van der Waals surface area contributed by atoms with Crippen LogP contribution in [0.4, 0.5) is 5.69 Å². The van der Waals surface area contributed by atoms with Crippen LogP contribution < -0.4 is 10.2 Å². The molecular formula is C26H24N2O2S. The predicted octanol–water partition coefficient (Wildman–Crippen LogP) is 5.10. The fourth-order valence-electron chi connectivity index (χ4n) is 3.42. The topological polar surface area (TPSA) is 49.4 Å². The van der Waals surface area contributed by atoms with Gasteiger partial charge in [-0.25, -0.2) is 0 Å². The maximum atomic E-state index is 13.3. The molecule has 0 spiro atoms. The van der Waals surface area contributed by atoms with Crippen LogP contribution in [-0.2, 0) is 16.1 Å². The highest BCUT2D eigenvalue weighted by atomic mass is 32.2. The van der Waals surface area contributed by atoms with E-state index in [0.717, 1.165) is 27.3 Å². The molecule has 1 heterocycles. The Morgan fingerprint density at radius 2 is 1.68 bits per heavy atom. The van der Waals surface area contributed by atoms with E-state index in [-0.39, 0.29) is 18.4 Å². The van der Waals surface area contributed by atoms with Crippen molar-refractivity contribution in [3.8, 4) is 0 Å². The number of fused-ring (bicyclic) bond motifs is 1. The summed E-state index contributed by atoms with van der Waals surface area (Å²) in [6, 6.07) is 23.7. The molecule has 0 bridgehead atoms. The molecule has 0 unspecified atom stereocenters. The summed E-state index contributed by atoms with van der Waals surface area (Å²) >= 11 is 1.45. The van der Waals surface area contributed by atoms with Gasteiger partial charge in [0.1, 0.15) is 6.54 Å². The molecule has 156 valence electrons.